The lowest BCUT2D eigenvalue weighted by molar-refractivity contribution is -0.384. The van der Waals surface area contributed by atoms with E-state index in [0.717, 1.165) is 0 Å². The molecule has 0 radical (unpaired) electrons. The second kappa shape index (κ2) is 6.86. The van der Waals surface area contributed by atoms with Gasteiger partial charge in [0, 0.05) is 43.7 Å². The molecule has 26 heavy (non-hydrogen) atoms. The van der Waals surface area contributed by atoms with Crippen molar-refractivity contribution in [3.05, 3.63) is 39.9 Å². The molecule has 2 aromatic rings. The highest BCUT2D eigenvalue weighted by molar-refractivity contribution is 7.88. The number of sulfonamides is 1. The average Bonchev–Trinajstić information content (AvgIpc) is 2.86. The van der Waals surface area contributed by atoms with E-state index < -0.39 is 14.9 Å². The zero-order chi connectivity index (χ0) is 18.9. The molecule has 1 aliphatic rings. The SMILES string of the molecule is CS(=O)(=O)N1CCCN(c2cc(C#N)c3cc([N+](=O)[O-])ccc3n2)CC1. The van der Waals surface area contributed by atoms with Gasteiger partial charge >= 0.3 is 0 Å². The predicted octanol–water partition coefficient (Wildman–Crippen LogP) is 1.49. The molecule has 1 aromatic carbocycles. The first-order chi connectivity index (χ1) is 12.3. The summed E-state index contributed by atoms with van der Waals surface area (Å²) in [6.45, 7) is 1.87. The number of nitro benzene ring substituents is 1. The molecule has 0 bridgehead atoms. The maximum absolute atomic E-state index is 11.7. The van der Waals surface area contributed by atoms with Gasteiger partial charge in [0.15, 0.2) is 0 Å². The molecule has 3 rings (SSSR count). The number of benzene rings is 1. The monoisotopic (exact) mass is 375 g/mol. The molecular weight excluding hydrogens is 358 g/mol. The minimum absolute atomic E-state index is 0.0953. The first-order valence-corrected chi connectivity index (χ1v) is 9.84. The molecule has 0 unspecified atom stereocenters. The van der Waals surface area contributed by atoms with Gasteiger partial charge in [0.25, 0.3) is 5.69 Å². The number of hydrogen-bond acceptors (Lipinski definition) is 7. The van der Waals surface area contributed by atoms with Crippen molar-refractivity contribution in [2.45, 2.75) is 6.42 Å². The van der Waals surface area contributed by atoms with E-state index in [1.165, 1.54) is 28.8 Å². The first-order valence-electron chi connectivity index (χ1n) is 7.99. The van der Waals surface area contributed by atoms with Crippen LogP contribution in [0.2, 0.25) is 0 Å². The fourth-order valence-electron chi connectivity index (χ4n) is 3.02. The van der Waals surface area contributed by atoms with Crippen LogP contribution in [0.1, 0.15) is 12.0 Å². The number of nitrogens with zero attached hydrogens (tertiary/aromatic N) is 5. The van der Waals surface area contributed by atoms with Crippen LogP contribution in [0.3, 0.4) is 0 Å². The zero-order valence-corrected chi connectivity index (χ0v) is 14.9. The van der Waals surface area contributed by atoms with E-state index in [9.17, 15) is 23.8 Å². The van der Waals surface area contributed by atoms with Gasteiger partial charge in [0.05, 0.1) is 28.3 Å². The molecule has 9 nitrogen and oxygen atoms in total. The van der Waals surface area contributed by atoms with Crippen molar-refractivity contribution < 1.29 is 13.3 Å². The third-order valence-electron chi connectivity index (χ3n) is 4.36. The van der Waals surface area contributed by atoms with Crippen molar-refractivity contribution in [1.29, 1.82) is 5.26 Å². The van der Waals surface area contributed by atoms with E-state index in [-0.39, 0.29) is 5.69 Å². The molecule has 2 heterocycles. The number of rotatable bonds is 3. The van der Waals surface area contributed by atoms with Crippen LogP contribution < -0.4 is 4.90 Å². The van der Waals surface area contributed by atoms with Gasteiger partial charge in [-0.1, -0.05) is 0 Å². The fourth-order valence-corrected chi connectivity index (χ4v) is 3.90. The molecule has 0 spiro atoms. The second-order valence-corrected chi connectivity index (χ2v) is 8.08. The molecule has 0 saturated carbocycles. The number of nitriles is 1. The minimum atomic E-state index is -3.25. The van der Waals surface area contributed by atoms with Gasteiger partial charge in [-0.2, -0.15) is 5.26 Å². The molecule has 0 N–H and O–H groups in total. The third kappa shape index (κ3) is 3.58. The van der Waals surface area contributed by atoms with Gasteiger partial charge in [-0.05, 0) is 18.6 Å². The Morgan fingerprint density at radius 1 is 1.23 bits per heavy atom. The summed E-state index contributed by atoms with van der Waals surface area (Å²) in [5.41, 5.74) is 0.703. The van der Waals surface area contributed by atoms with Gasteiger partial charge in [-0.25, -0.2) is 17.7 Å². The quantitative estimate of drug-likeness (QED) is 0.588. The predicted molar refractivity (Wildman–Crippen MR) is 96.4 cm³/mol. The van der Waals surface area contributed by atoms with Crippen LogP contribution in [0.5, 0.6) is 0 Å². The highest BCUT2D eigenvalue weighted by Crippen LogP contribution is 2.27. The number of fused-ring (bicyclic) bond motifs is 1. The van der Waals surface area contributed by atoms with Gasteiger partial charge in [0.1, 0.15) is 5.82 Å². The van der Waals surface area contributed by atoms with Gasteiger partial charge in [0.2, 0.25) is 10.0 Å². The van der Waals surface area contributed by atoms with E-state index in [1.54, 1.807) is 6.07 Å². The Labute approximate surface area is 150 Å². The van der Waals surface area contributed by atoms with Crippen LogP contribution in [-0.2, 0) is 10.0 Å². The average molecular weight is 375 g/mol. The van der Waals surface area contributed by atoms with Crippen molar-refractivity contribution in [2.24, 2.45) is 0 Å². The number of nitro groups is 1. The Kier molecular flexibility index (Phi) is 4.76. The molecule has 10 heteroatoms. The van der Waals surface area contributed by atoms with E-state index in [1.807, 2.05) is 4.90 Å². The molecule has 1 aromatic heterocycles. The molecule has 0 atom stereocenters. The fraction of sp³-hybridized carbons (Fsp3) is 0.375. The second-order valence-electron chi connectivity index (χ2n) is 6.10. The summed E-state index contributed by atoms with van der Waals surface area (Å²) in [5.74, 6) is 0.568. The lowest BCUT2D eigenvalue weighted by atomic mass is 10.1. The van der Waals surface area contributed by atoms with Crippen LogP contribution in [-0.4, -0.2) is 55.1 Å². The largest absolute Gasteiger partial charge is 0.355 e. The highest BCUT2D eigenvalue weighted by atomic mass is 32.2. The van der Waals surface area contributed by atoms with Crippen LogP contribution in [0.15, 0.2) is 24.3 Å². The summed E-state index contributed by atoms with van der Waals surface area (Å²) in [6, 6.07) is 7.90. The lowest BCUT2D eigenvalue weighted by Gasteiger charge is -2.22. The summed E-state index contributed by atoms with van der Waals surface area (Å²) in [4.78, 5) is 16.9. The van der Waals surface area contributed by atoms with Crippen molar-refractivity contribution >= 4 is 32.4 Å². The van der Waals surface area contributed by atoms with Gasteiger partial charge < -0.3 is 4.90 Å². The van der Waals surface area contributed by atoms with E-state index in [4.69, 9.17) is 0 Å². The maximum atomic E-state index is 11.7. The molecule has 0 amide bonds. The number of hydrogen-bond donors (Lipinski definition) is 0. The van der Waals surface area contributed by atoms with Crippen molar-refractivity contribution in [1.82, 2.24) is 9.29 Å². The van der Waals surface area contributed by atoms with E-state index >= 15 is 0 Å². The Balaban J connectivity index is 1.97. The number of anilines is 1. The Hall–Kier alpha value is -2.77. The van der Waals surface area contributed by atoms with Crippen LogP contribution >= 0.6 is 0 Å². The summed E-state index contributed by atoms with van der Waals surface area (Å²) in [5, 5.41) is 20.8. The van der Waals surface area contributed by atoms with Crippen molar-refractivity contribution in [3.63, 3.8) is 0 Å². The van der Waals surface area contributed by atoms with Gasteiger partial charge in [-0.15, -0.1) is 0 Å². The molecule has 0 aliphatic carbocycles. The van der Waals surface area contributed by atoms with Crippen molar-refractivity contribution in [2.75, 3.05) is 37.3 Å². The van der Waals surface area contributed by atoms with Crippen molar-refractivity contribution in [3.8, 4) is 6.07 Å². The molecule has 136 valence electrons. The Bertz CT molecular complexity index is 1020. The normalized spacial score (nSPS) is 16.2. The number of pyridine rings is 1. The maximum Gasteiger partial charge on any atom is 0.270 e. The lowest BCUT2D eigenvalue weighted by Crippen LogP contribution is -2.34. The molecule has 1 saturated heterocycles. The highest BCUT2D eigenvalue weighted by Gasteiger charge is 2.23. The Morgan fingerprint density at radius 2 is 2.00 bits per heavy atom. The summed E-state index contributed by atoms with van der Waals surface area (Å²) >= 11 is 0. The summed E-state index contributed by atoms with van der Waals surface area (Å²) in [6.07, 6.45) is 1.84. The zero-order valence-electron chi connectivity index (χ0n) is 14.1. The number of aromatic nitrogens is 1. The van der Waals surface area contributed by atoms with E-state index in [2.05, 4.69) is 11.1 Å². The summed E-state index contributed by atoms with van der Waals surface area (Å²) < 4.78 is 24.9. The molecule has 1 fully saturated rings. The van der Waals surface area contributed by atoms with Gasteiger partial charge in [-0.3, -0.25) is 10.1 Å². The van der Waals surface area contributed by atoms with Crippen LogP contribution in [0, 0.1) is 21.4 Å². The standard InChI is InChI=1S/C16H17N5O4S/c1-26(24,25)20-6-2-5-19(7-8-20)16-9-12(11-17)14-10-13(21(22)23)3-4-15(14)18-16/h3-4,9-10H,2,5-8H2,1H3. The van der Waals surface area contributed by atoms with Crippen LogP contribution in [0.25, 0.3) is 10.9 Å². The van der Waals surface area contributed by atoms with Crippen LogP contribution in [0.4, 0.5) is 11.5 Å². The molecule has 1 aliphatic heterocycles. The smallest absolute Gasteiger partial charge is 0.270 e. The third-order valence-corrected chi connectivity index (χ3v) is 5.66. The minimum Gasteiger partial charge on any atom is -0.355 e. The first kappa shape index (κ1) is 18.0. The molecular formula is C16H17N5O4S. The summed E-state index contributed by atoms with van der Waals surface area (Å²) in [7, 11) is -3.25. The number of non-ortho nitro benzene ring substituents is 1. The Morgan fingerprint density at radius 3 is 2.65 bits per heavy atom. The van der Waals surface area contributed by atoms with E-state index in [0.29, 0.717) is 54.9 Å². The topological polar surface area (TPSA) is 120 Å².